The van der Waals surface area contributed by atoms with Gasteiger partial charge in [0, 0.05) is 52.6 Å². The summed E-state index contributed by atoms with van der Waals surface area (Å²) in [6.07, 6.45) is 2.65. The van der Waals surface area contributed by atoms with Gasteiger partial charge in [-0.1, -0.05) is 31.5 Å². The Hall–Kier alpha value is -2.42. The van der Waals surface area contributed by atoms with Crippen LogP contribution >= 0.6 is 0 Å². The van der Waals surface area contributed by atoms with E-state index in [9.17, 15) is 9.59 Å². The van der Waals surface area contributed by atoms with Crippen LogP contribution in [0.4, 0.5) is 0 Å². The van der Waals surface area contributed by atoms with Gasteiger partial charge in [0.1, 0.15) is 11.4 Å². The van der Waals surface area contributed by atoms with Crippen LogP contribution in [0, 0.1) is 0 Å². The molecule has 1 aliphatic heterocycles. The summed E-state index contributed by atoms with van der Waals surface area (Å²) in [5, 5.41) is 0. The highest BCUT2D eigenvalue weighted by Crippen LogP contribution is 2.36. The summed E-state index contributed by atoms with van der Waals surface area (Å²) in [6.45, 7) is 5.36. The van der Waals surface area contributed by atoms with Crippen LogP contribution in [0.5, 0.6) is 5.75 Å². The molecule has 0 N–H and O–H groups in total. The molecule has 0 spiro atoms. The van der Waals surface area contributed by atoms with Crippen LogP contribution < -0.4 is 4.74 Å². The van der Waals surface area contributed by atoms with Crippen LogP contribution in [0.15, 0.2) is 30.0 Å². The average Bonchev–Trinajstić information content (AvgIpc) is 3.05. The zero-order valence-electron chi connectivity index (χ0n) is 19.7. The molecule has 0 aromatic heterocycles. The standard InChI is InChI=1S/C24H36N2O6/c1-5-6-15-32-16-9-12-26-23(27)21(19-10-7-8-11-20(19)31-4)22(24(26)28)25(13-17-29-2)14-18-30-3/h7-8,10-11H,5-6,9,12-18H2,1-4H3. The van der Waals surface area contributed by atoms with Crippen molar-refractivity contribution in [2.75, 3.05) is 67.4 Å². The number of benzene rings is 1. The zero-order chi connectivity index (χ0) is 23.3. The number of para-hydroxylation sites is 1. The van der Waals surface area contributed by atoms with Gasteiger partial charge in [0.15, 0.2) is 0 Å². The van der Waals surface area contributed by atoms with E-state index in [0.29, 0.717) is 75.1 Å². The maximum absolute atomic E-state index is 13.5. The quantitative estimate of drug-likeness (QED) is 0.284. The summed E-state index contributed by atoms with van der Waals surface area (Å²) in [5.41, 5.74) is 1.32. The van der Waals surface area contributed by atoms with Gasteiger partial charge >= 0.3 is 0 Å². The molecule has 2 amide bonds. The van der Waals surface area contributed by atoms with Crippen molar-refractivity contribution >= 4 is 17.4 Å². The number of imide groups is 1. The Morgan fingerprint density at radius 1 is 0.875 bits per heavy atom. The second-order valence-corrected chi connectivity index (χ2v) is 7.48. The summed E-state index contributed by atoms with van der Waals surface area (Å²) < 4.78 is 21.6. The van der Waals surface area contributed by atoms with Gasteiger partial charge in [-0.2, -0.15) is 0 Å². The fraction of sp³-hybridized carbons (Fsp3) is 0.583. The zero-order valence-corrected chi connectivity index (χ0v) is 19.7. The minimum atomic E-state index is -0.317. The van der Waals surface area contributed by atoms with Crippen molar-refractivity contribution in [1.82, 2.24) is 9.80 Å². The number of carbonyl (C=O) groups is 2. The number of carbonyl (C=O) groups excluding carboxylic acids is 2. The molecular weight excluding hydrogens is 412 g/mol. The molecule has 0 radical (unpaired) electrons. The first-order valence-electron chi connectivity index (χ1n) is 11.1. The summed E-state index contributed by atoms with van der Waals surface area (Å²) in [4.78, 5) is 30.1. The van der Waals surface area contributed by atoms with Crippen LogP contribution in [0.3, 0.4) is 0 Å². The molecule has 1 aromatic rings. The fourth-order valence-electron chi connectivity index (χ4n) is 3.57. The molecule has 1 heterocycles. The van der Waals surface area contributed by atoms with Gasteiger partial charge in [0.25, 0.3) is 11.8 Å². The first-order chi connectivity index (χ1) is 15.6. The van der Waals surface area contributed by atoms with E-state index >= 15 is 0 Å². The maximum atomic E-state index is 13.5. The van der Waals surface area contributed by atoms with E-state index in [1.165, 1.54) is 4.90 Å². The Morgan fingerprint density at radius 2 is 1.53 bits per heavy atom. The lowest BCUT2D eigenvalue weighted by molar-refractivity contribution is -0.137. The van der Waals surface area contributed by atoms with E-state index in [1.807, 2.05) is 23.1 Å². The summed E-state index contributed by atoms with van der Waals surface area (Å²) in [6, 6.07) is 7.26. The largest absolute Gasteiger partial charge is 0.496 e. The second-order valence-electron chi connectivity index (χ2n) is 7.48. The van der Waals surface area contributed by atoms with Crippen molar-refractivity contribution in [3.8, 4) is 5.75 Å². The van der Waals surface area contributed by atoms with Crippen LogP contribution in [-0.2, 0) is 23.8 Å². The number of ether oxygens (including phenoxy) is 4. The number of methoxy groups -OCH3 is 3. The van der Waals surface area contributed by atoms with Gasteiger partial charge in [0.2, 0.25) is 0 Å². The van der Waals surface area contributed by atoms with Gasteiger partial charge < -0.3 is 23.8 Å². The topological polar surface area (TPSA) is 77.5 Å². The summed E-state index contributed by atoms with van der Waals surface area (Å²) >= 11 is 0. The molecule has 8 nitrogen and oxygen atoms in total. The second kappa shape index (κ2) is 13.9. The van der Waals surface area contributed by atoms with Crippen molar-refractivity contribution in [3.63, 3.8) is 0 Å². The van der Waals surface area contributed by atoms with E-state index in [0.717, 1.165) is 12.8 Å². The third-order valence-corrected chi connectivity index (χ3v) is 5.28. The Kier molecular flexibility index (Phi) is 11.2. The molecule has 8 heteroatoms. The minimum Gasteiger partial charge on any atom is -0.496 e. The Morgan fingerprint density at radius 3 is 2.16 bits per heavy atom. The highest BCUT2D eigenvalue weighted by molar-refractivity contribution is 6.36. The molecule has 0 atom stereocenters. The number of rotatable bonds is 16. The van der Waals surface area contributed by atoms with Crippen molar-refractivity contribution in [2.24, 2.45) is 0 Å². The molecule has 32 heavy (non-hydrogen) atoms. The molecule has 0 fully saturated rings. The Bertz CT molecular complexity index is 772. The molecule has 0 saturated heterocycles. The first-order valence-corrected chi connectivity index (χ1v) is 11.1. The number of nitrogens with zero attached hydrogens (tertiary/aromatic N) is 2. The molecule has 0 unspecified atom stereocenters. The molecule has 0 bridgehead atoms. The molecule has 178 valence electrons. The number of amides is 2. The predicted molar refractivity (Wildman–Crippen MR) is 122 cm³/mol. The first kappa shape index (κ1) is 25.8. The minimum absolute atomic E-state index is 0.300. The maximum Gasteiger partial charge on any atom is 0.277 e. The van der Waals surface area contributed by atoms with Crippen LogP contribution in [0.25, 0.3) is 5.57 Å². The summed E-state index contributed by atoms with van der Waals surface area (Å²) in [7, 11) is 4.77. The van der Waals surface area contributed by atoms with Gasteiger partial charge in [0.05, 0.1) is 25.9 Å². The average molecular weight is 449 g/mol. The van der Waals surface area contributed by atoms with Crippen LogP contribution in [0.1, 0.15) is 31.7 Å². The van der Waals surface area contributed by atoms with Gasteiger partial charge in [-0.25, -0.2) is 0 Å². The van der Waals surface area contributed by atoms with E-state index in [-0.39, 0.29) is 11.8 Å². The van der Waals surface area contributed by atoms with Crippen LogP contribution in [-0.4, -0.2) is 89.0 Å². The molecule has 1 aromatic carbocycles. The van der Waals surface area contributed by atoms with Gasteiger partial charge in [-0.15, -0.1) is 0 Å². The highest BCUT2D eigenvalue weighted by atomic mass is 16.5. The van der Waals surface area contributed by atoms with Gasteiger partial charge in [-0.05, 0) is 18.9 Å². The third-order valence-electron chi connectivity index (χ3n) is 5.28. The van der Waals surface area contributed by atoms with Crippen molar-refractivity contribution < 1.29 is 28.5 Å². The molecular formula is C24H36N2O6. The van der Waals surface area contributed by atoms with Gasteiger partial charge in [-0.3, -0.25) is 14.5 Å². The molecule has 2 rings (SSSR count). The smallest absolute Gasteiger partial charge is 0.277 e. The molecule has 0 aliphatic carbocycles. The van der Waals surface area contributed by atoms with Crippen LogP contribution in [0.2, 0.25) is 0 Å². The van der Waals surface area contributed by atoms with E-state index in [1.54, 1.807) is 27.4 Å². The normalized spacial score (nSPS) is 13.9. The lowest BCUT2D eigenvalue weighted by Crippen LogP contribution is -2.38. The monoisotopic (exact) mass is 448 g/mol. The SMILES string of the molecule is CCCCOCCCN1C(=O)C(c2ccccc2OC)=C(N(CCOC)CCOC)C1=O. The number of unbranched alkanes of at least 4 members (excludes halogenated alkanes) is 1. The highest BCUT2D eigenvalue weighted by Gasteiger charge is 2.42. The third kappa shape index (κ3) is 6.54. The lowest BCUT2D eigenvalue weighted by Gasteiger charge is -2.25. The molecule has 0 saturated carbocycles. The van der Waals surface area contributed by atoms with E-state index < -0.39 is 0 Å². The van der Waals surface area contributed by atoms with E-state index in [4.69, 9.17) is 18.9 Å². The molecule has 1 aliphatic rings. The van der Waals surface area contributed by atoms with E-state index in [2.05, 4.69) is 6.92 Å². The fourth-order valence-corrected chi connectivity index (χ4v) is 3.57. The predicted octanol–water partition coefficient (Wildman–Crippen LogP) is 2.58. The Labute approximate surface area is 191 Å². The Balaban J connectivity index is 2.35. The lowest BCUT2D eigenvalue weighted by atomic mass is 10.0. The number of hydrogen-bond acceptors (Lipinski definition) is 7. The van der Waals surface area contributed by atoms with Crippen molar-refractivity contribution in [2.45, 2.75) is 26.2 Å². The van der Waals surface area contributed by atoms with Crippen molar-refractivity contribution in [1.29, 1.82) is 0 Å². The summed E-state index contributed by atoms with van der Waals surface area (Å²) in [5.74, 6) is -0.0797. The van der Waals surface area contributed by atoms with Crippen molar-refractivity contribution in [3.05, 3.63) is 35.5 Å². The number of hydrogen-bond donors (Lipinski definition) is 0.